The topological polar surface area (TPSA) is 29.0 Å². The van der Waals surface area contributed by atoms with E-state index in [9.17, 15) is 0 Å². The second-order valence-corrected chi connectivity index (χ2v) is 3.32. The molecule has 1 saturated heterocycles. The van der Waals surface area contributed by atoms with Gasteiger partial charge in [-0.05, 0) is 31.7 Å². The molecule has 70 valence electrons. The minimum Gasteiger partial charge on any atom is -0.341 e. The zero-order valence-electron chi connectivity index (χ0n) is 10.5. The van der Waals surface area contributed by atoms with Crippen LogP contribution in [0.4, 0.5) is 5.95 Å². The van der Waals surface area contributed by atoms with Gasteiger partial charge in [0.2, 0.25) is 5.95 Å². The van der Waals surface area contributed by atoms with Crippen LogP contribution >= 0.6 is 0 Å². The maximum absolute atomic E-state index is 7.23. The molecule has 1 fully saturated rings. The molecule has 0 N–H and O–H groups in total. The first kappa shape index (κ1) is 5.58. The molecule has 1 aromatic rings. The fourth-order valence-corrected chi connectivity index (χ4v) is 1.58. The maximum atomic E-state index is 7.23. The summed E-state index contributed by atoms with van der Waals surface area (Å²) in [6, 6.07) is 0. The number of nitrogens with zero attached hydrogens (tertiary/aromatic N) is 3. The molecule has 0 bridgehead atoms. The third kappa shape index (κ3) is 1.97. The number of aromatic nitrogens is 2. The normalized spacial score (nSPS) is 21.8. The lowest BCUT2D eigenvalue weighted by Crippen LogP contribution is -2.30. The van der Waals surface area contributed by atoms with E-state index in [0.29, 0.717) is 5.95 Å². The Hall–Kier alpha value is -1.12. The predicted molar refractivity (Wildman–Crippen MR) is 52.8 cm³/mol. The maximum Gasteiger partial charge on any atom is 0.225 e. The number of rotatable bonds is 1. The highest BCUT2D eigenvalue weighted by molar-refractivity contribution is 5.29. The monoisotopic (exact) mass is 180 g/mol. The molecule has 0 atom stereocenters. The molecule has 1 aliphatic heterocycles. The van der Waals surface area contributed by atoms with Crippen molar-refractivity contribution in [2.45, 2.75) is 26.1 Å². The van der Waals surface area contributed by atoms with Crippen LogP contribution < -0.4 is 4.90 Å². The van der Waals surface area contributed by atoms with Gasteiger partial charge in [-0.1, -0.05) is 0 Å². The fraction of sp³-hybridized carbons (Fsp3) is 0.600. The van der Waals surface area contributed by atoms with Gasteiger partial charge in [0.1, 0.15) is 0 Å². The predicted octanol–water partition coefficient (Wildman–Crippen LogP) is 1.78. The molecule has 0 spiro atoms. The summed E-state index contributed by atoms with van der Waals surface area (Å²) in [5, 5.41) is 0. The lowest BCUT2D eigenvalue weighted by molar-refractivity contribution is 0.568. The Morgan fingerprint density at radius 1 is 1.23 bits per heavy atom. The van der Waals surface area contributed by atoms with Crippen LogP contribution in [-0.4, -0.2) is 23.1 Å². The Morgan fingerprint density at radius 2 is 1.92 bits per heavy atom. The van der Waals surface area contributed by atoms with Gasteiger partial charge >= 0.3 is 0 Å². The average molecular weight is 180 g/mol. The van der Waals surface area contributed by atoms with Crippen LogP contribution in [0.1, 0.15) is 28.9 Å². The van der Waals surface area contributed by atoms with Crippen molar-refractivity contribution in [3.63, 3.8) is 0 Å². The molecular weight excluding hydrogens is 162 g/mol. The van der Waals surface area contributed by atoms with Crippen molar-refractivity contribution in [3.05, 3.63) is 18.0 Å². The highest BCUT2D eigenvalue weighted by Crippen LogP contribution is 2.14. The highest BCUT2D eigenvalue weighted by atomic mass is 15.2. The van der Waals surface area contributed by atoms with Crippen LogP contribution in [0.3, 0.4) is 0 Å². The first-order valence-corrected chi connectivity index (χ1v) is 4.65. The van der Waals surface area contributed by atoms with Crippen LogP contribution in [0.5, 0.6) is 0 Å². The van der Waals surface area contributed by atoms with E-state index in [-0.39, 0.29) is 5.56 Å². The summed E-state index contributed by atoms with van der Waals surface area (Å²) in [4.78, 5) is 10.4. The minimum atomic E-state index is -2.11. The molecular formula is C10H15N3. The van der Waals surface area contributed by atoms with Gasteiger partial charge in [0.25, 0.3) is 0 Å². The molecule has 0 aliphatic carbocycles. The van der Waals surface area contributed by atoms with Gasteiger partial charge in [-0.2, -0.15) is 0 Å². The largest absolute Gasteiger partial charge is 0.341 e. The van der Waals surface area contributed by atoms with Crippen LogP contribution in [0.2, 0.25) is 0 Å². The Morgan fingerprint density at radius 3 is 2.54 bits per heavy atom. The number of anilines is 1. The summed E-state index contributed by atoms with van der Waals surface area (Å²) < 4.78 is 21.7. The van der Waals surface area contributed by atoms with Crippen LogP contribution in [-0.2, 0) is 0 Å². The molecule has 0 aromatic carbocycles. The molecule has 13 heavy (non-hydrogen) atoms. The van der Waals surface area contributed by atoms with Crippen molar-refractivity contribution < 1.29 is 4.11 Å². The standard InChI is InChI=1S/C10H15N3/c1-9-7-11-10(12-8-9)13-5-3-2-4-6-13/h7-8H,2-6H2,1H3/i1D3. The van der Waals surface area contributed by atoms with Crippen molar-refractivity contribution in [3.8, 4) is 0 Å². The third-order valence-corrected chi connectivity index (χ3v) is 2.28. The first-order chi connectivity index (χ1) is 7.57. The average Bonchev–Trinajstić information content (AvgIpc) is 2.29. The second-order valence-electron chi connectivity index (χ2n) is 3.32. The molecule has 0 radical (unpaired) electrons. The molecule has 2 rings (SSSR count). The van der Waals surface area contributed by atoms with Gasteiger partial charge in [-0.15, -0.1) is 0 Å². The zero-order chi connectivity index (χ0) is 11.6. The Balaban J connectivity index is 2.12. The summed E-state index contributed by atoms with van der Waals surface area (Å²) in [6.45, 7) is -0.180. The van der Waals surface area contributed by atoms with E-state index in [1.54, 1.807) is 0 Å². The van der Waals surface area contributed by atoms with E-state index >= 15 is 0 Å². The summed E-state index contributed by atoms with van der Waals surface area (Å²) in [5.74, 6) is 0.646. The van der Waals surface area contributed by atoms with Crippen molar-refractivity contribution in [2.75, 3.05) is 18.0 Å². The Bertz CT molecular complexity index is 341. The molecule has 1 aromatic heterocycles. The van der Waals surface area contributed by atoms with Crippen LogP contribution in [0, 0.1) is 6.85 Å². The second kappa shape index (κ2) is 3.73. The van der Waals surface area contributed by atoms with Gasteiger partial charge in [0, 0.05) is 29.6 Å². The SMILES string of the molecule is [2H]C([2H])([2H])c1cnc(N2CCCCC2)nc1. The van der Waals surface area contributed by atoms with Crippen molar-refractivity contribution in [2.24, 2.45) is 0 Å². The summed E-state index contributed by atoms with van der Waals surface area (Å²) >= 11 is 0. The van der Waals surface area contributed by atoms with Gasteiger partial charge in [0.05, 0.1) is 0 Å². The van der Waals surface area contributed by atoms with E-state index in [4.69, 9.17) is 4.11 Å². The first-order valence-electron chi connectivity index (χ1n) is 6.15. The van der Waals surface area contributed by atoms with Crippen molar-refractivity contribution in [1.82, 2.24) is 9.97 Å². The van der Waals surface area contributed by atoms with E-state index in [1.807, 2.05) is 0 Å². The lowest BCUT2D eigenvalue weighted by atomic mass is 10.1. The fourth-order valence-electron chi connectivity index (χ4n) is 1.58. The molecule has 3 nitrogen and oxygen atoms in total. The lowest BCUT2D eigenvalue weighted by Gasteiger charge is -2.26. The van der Waals surface area contributed by atoms with Crippen molar-refractivity contribution >= 4 is 5.95 Å². The highest BCUT2D eigenvalue weighted by Gasteiger charge is 2.12. The smallest absolute Gasteiger partial charge is 0.225 e. The minimum absolute atomic E-state index is 0.202. The molecule has 3 heteroatoms. The summed E-state index contributed by atoms with van der Waals surface area (Å²) in [5.41, 5.74) is 0.202. The third-order valence-electron chi connectivity index (χ3n) is 2.28. The molecule has 0 saturated carbocycles. The van der Waals surface area contributed by atoms with Crippen LogP contribution in [0.25, 0.3) is 0 Å². The van der Waals surface area contributed by atoms with E-state index in [2.05, 4.69) is 14.9 Å². The van der Waals surface area contributed by atoms with Gasteiger partial charge in [-0.25, -0.2) is 9.97 Å². The molecule has 1 aliphatic rings. The Kier molecular flexibility index (Phi) is 1.60. The van der Waals surface area contributed by atoms with E-state index in [1.165, 1.54) is 18.8 Å². The number of hydrogen-bond acceptors (Lipinski definition) is 3. The summed E-state index contributed by atoms with van der Waals surface area (Å²) in [6.07, 6.45) is 6.38. The van der Waals surface area contributed by atoms with Gasteiger partial charge < -0.3 is 4.90 Å². The number of piperidine rings is 1. The quantitative estimate of drug-likeness (QED) is 0.659. The zero-order valence-corrected chi connectivity index (χ0v) is 7.53. The molecule has 0 unspecified atom stereocenters. The Labute approximate surface area is 83.0 Å². The van der Waals surface area contributed by atoms with Crippen LogP contribution in [0.15, 0.2) is 12.4 Å². The van der Waals surface area contributed by atoms with E-state index < -0.39 is 6.85 Å². The van der Waals surface area contributed by atoms with E-state index in [0.717, 1.165) is 25.9 Å². The molecule has 2 heterocycles. The van der Waals surface area contributed by atoms with Crippen molar-refractivity contribution in [1.29, 1.82) is 0 Å². The van der Waals surface area contributed by atoms with Gasteiger partial charge in [-0.3, -0.25) is 0 Å². The molecule has 0 amide bonds. The van der Waals surface area contributed by atoms with Gasteiger partial charge in [0.15, 0.2) is 0 Å². The number of aryl methyl sites for hydroxylation is 1. The number of hydrogen-bond donors (Lipinski definition) is 0. The summed E-state index contributed by atoms with van der Waals surface area (Å²) in [7, 11) is 0.